The Bertz CT molecular complexity index is 1390. The van der Waals surface area contributed by atoms with Crippen LogP contribution in [0.25, 0.3) is 6.08 Å². The Morgan fingerprint density at radius 1 is 1.05 bits per heavy atom. The van der Waals surface area contributed by atoms with Crippen LogP contribution in [0.4, 0.5) is 14.9 Å². The average molecular weight is 594 g/mol. The van der Waals surface area contributed by atoms with Crippen LogP contribution in [0.5, 0.6) is 0 Å². The molecule has 2 aromatic carbocycles. The van der Waals surface area contributed by atoms with Crippen molar-refractivity contribution in [3.63, 3.8) is 0 Å². The van der Waals surface area contributed by atoms with Gasteiger partial charge in [-0.05, 0) is 73.5 Å². The second-order valence-corrected chi connectivity index (χ2v) is 11.2. The molecule has 0 radical (unpaired) electrons. The summed E-state index contributed by atoms with van der Waals surface area (Å²) in [6.07, 6.45) is 7.23. The number of aromatic nitrogens is 1. The van der Waals surface area contributed by atoms with Crippen molar-refractivity contribution in [2.24, 2.45) is 0 Å². The number of carbonyl (C=O) groups is 1. The third kappa shape index (κ3) is 5.65. The lowest BCUT2D eigenvalue weighted by atomic mass is 9.74. The molecule has 198 valence electrons. The van der Waals surface area contributed by atoms with Gasteiger partial charge in [0.15, 0.2) is 0 Å². The molecule has 1 aromatic heterocycles. The van der Waals surface area contributed by atoms with Gasteiger partial charge in [-0.2, -0.15) is 0 Å². The van der Waals surface area contributed by atoms with E-state index in [1.165, 1.54) is 6.07 Å². The van der Waals surface area contributed by atoms with Crippen LogP contribution < -0.4 is 10.2 Å². The highest BCUT2D eigenvalue weighted by molar-refractivity contribution is 6.42. The second-order valence-electron chi connectivity index (χ2n) is 9.64. The fourth-order valence-corrected chi connectivity index (χ4v) is 6.13. The zero-order valence-corrected chi connectivity index (χ0v) is 23.4. The maximum Gasteiger partial charge on any atom is 0.322 e. The predicted octanol–water partition coefficient (Wildman–Crippen LogP) is 7.61. The van der Waals surface area contributed by atoms with Gasteiger partial charge >= 0.3 is 6.03 Å². The van der Waals surface area contributed by atoms with Gasteiger partial charge in [0.05, 0.1) is 20.8 Å². The molecule has 2 aliphatic rings. The first-order valence-electron chi connectivity index (χ1n) is 12.2. The SMILES string of the molecule is O=C(NCc1ccnc(Cl)c1)N1CC2(CCN(CC=Cc3ccc(Cl)c(Cl)c3)CC2)c2c1ccc(F)c2Cl. The number of piperidine rings is 1. The van der Waals surface area contributed by atoms with Crippen LogP contribution >= 0.6 is 46.4 Å². The first kappa shape index (κ1) is 27.2. The standard InChI is InChI=1S/C28H25Cl4FN4O/c29-20-4-3-18(14-21(20)30)2-1-11-36-12-8-28(9-13-36)17-37(23-6-5-22(33)26(32)25(23)28)27(38)35-16-19-7-10-34-24(31)15-19/h1-7,10,14-15H,8-9,11-13,16-17H2,(H,35,38). The highest BCUT2D eigenvalue weighted by Crippen LogP contribution is 2.50. The van der Waals surface area contributed by atoms with Crippen molar-refractivity contribution < 1.29 is 9.18 Å². The lowest BCUT2D eigenvalue weighted by Gasteiger charge is -2.39. The molecule has 1 saturated heterocycles. The van der Waals surface area contributed by atoms with E-state index < -0.39 is 11.2 Å². The van der Waals surface area contributed by atoms with E-state index in [0.717, 1.165) is 49.2 Å². The number of pyridine rings is 1. The van der Waals surface area contributed by atoms with Crippen LogP contribution in [-0.2, 0) is 12.0 Å². The minimum absolute atomic E-state index is 0.103. The minimum Gasteiger partial charge on any atom is -0.334 e. The highest BCUT2D eigenvalue weighted by Gasteiger charge is 2.48. The number of likely N-dealkylation sites (tertiary alicyclic amines) is 1. The number of nitrogens with one attached hydrogen (secondary N) is 1. The molecule has 2 amide bonds. The number of amides is 2. The van der Waals surface area contributed by atoms with Gasteiger partial charge < -0.3 is 5.32 Å². The van der Waals surface area contributed by atoms with Crippen molar-refractivity contribution >= 4 is 64.2 Å². The molecule has 5 rings (SSSR count). The van der Waals surface area contributed by atoms with Gasteiger partial charge in [0.2, 0.25) is 0 Å². The largest absolute Gasteiger partial charge is 0.334 e. The van der Waals surface area contributed by atoms with Crippen molar-refractivity contribution in [2.75, 3.05) is 31.1 Å². The molecule has 2 aliphatic heterocycles. The summed E-state index contributed by atoms with van der Waals surface area (Å²) in [6.45, 7) is 3.10. The van der Waals surface area contributed by atoms with Crippen molar-refractivity contribution in [1.29, 1.82) is 0 Å². The molecular weight excluding hydrogens is 569 g/mol. The third-order valence-corrected chi connectivity index (χ3v) is 8.58. The fourth-order valence-electron chi connectivity index (χ4n) is 5.27. The number of hydrogen-bond donors (Lipinski definition) is 1. The summed E-state index contributed by atoms with van der Waals surface area (Å²) in [5.41, 5.74) is 2.81. The maximum atomic E-state index is 14.6. The number of nitrogens with zero attached hydrogens (tertiary/aromatic N) is 3. The molecule has 0 aliphatic carbocycles. The third-order valence-electron chi connectivity index (χ3n) is 7.27. The lowest BCUT2D eigenvalue weighted by Crippen LogP contribution is -2.47. The quantitative estimate of drug-likeness (QED) is 0.310. The van der Waals surface area contributed by atoms with Gasteiger partial charge in [-0.1, -0.05) is 64.6 Å². The Hall–Kier alpha value is -2.35. The summed E-state index contributed by atoms with van der Waals surface area (Å²) in [6, 6.07) is 11.8. The molecule has 0 unspecified atom stereocenters. The molecular formula is C28H25Cl4FN4O. The van der Waals surface area contributed by atoms with Crippen molar-refractivity contribution in [3.05, 3.63) is 97.5 Å². The van der Waals surface area contributed by atoms with Crippen LogP contribution in [0.2, 0.25) is 20.2 Å². The number of fused-ring (bicyclic) bond motifs is 2. The number of halogens is 5. The first-order chi connectivity index (χ1) is 18.3. The first-order valence-corrected chi connectivity index (χ1v) is 13.8. The smallest absolute Gasteiger partial charge is 0.322 e. The Balaban J connectivity index is 1.28. The van der Waals surface area contributed by atoms with Crippen LogP contribution in [0.1, 0.15) is 29.5 Å². The highest BCUT2D eigenvalue weighted by atomic mass is 35.5. The van der Waals surface area contributed by atoms with Gasteiger partial charge in [0.25, 0.3) is 0 Å². The van der Waals surface area contributed by atoms with Gasteiger partial charge in [-0.3, -0.25) is 9.80 Å². The molecule has 0 bridgehead atoms. The van der Waals surface area contributed by atoms with E-state index >= 15 is 0 Å². The molecule has 0 atom stereocenters. The number of hydrogen-bond acceptors (Lipinski definition) is 3. The number of benzene rings is 2. The lowest BCUT2D eigenvalue weighted by molar-refractivity contribution is 0.180. The van der Waals surface area contributed by atoms with Crippen molar-refractivity contribution in [1.82, 2.24) is 15.2 Å². The summed E-state index contributed by atoms with van der Waals surface area (Å²) in [7, 11) is 0. The monoisotopic (exact) mass is 592 g/mol. The second kappa shape index (κ2) is 11.4. The number of carbonyl (C=O) groups excluding carboxylic acids is 1. The Kier molecular flexibility index (Phi) is 8.17. The van der Waals surface area contributed by atoms with Crippen LogP contribution in [0, 0.1) is 5.82 Å². The number of anilines is 1. The van der Waals surface area contributed by atoms with E-state index in [2.05, 4.69) is 21.3 Å². The Morgan fingerprint density at radius 2 is 1.84 bits per heavy atom. The van der Waals surface area contributed by atoms with E-state index in [4.69, 9.17) is 46.4 Å². The zero-order valence-electron chi connectivity index (χ0n) is 20.4. The zero-order chi connectivity index (χ0) is 26.9. The van der Waals surface area contributed by atoms with Gasteiger partial charge in [0.1, 0.15) is 11.0 Å². The van der Waals surface area contributed by atoms with Crippen molar-refractivity contribution in [3.8, 4) is 0 Å². The summed E-state index contributed by atoms with van der Waals surface area (Å²) in [5.74, 6) is -0.467. The Labute approximate surface area is 241 Å². The number of urea groups is 1. The van der Waals surface area contributed by atoms with E-state index in [1.54, 1.807) is 35.4 Å². The van der Waals surface area contributed by atoms with Crippen LogP contribution in [-0.4, -0.2) is 42.1 Å². The summed E-state index contributed by atoms with van der Waals surface area (Å²) in [5, 5.41) is 4.47. The predicted molar refractivity (Wildman–Crippen MR) is 153 cm³/mol. The summed E-state index contributed by atoms with van der Waals surface area (Å²) < 4.78 is 14.6. The molecule has 38 heavy (non-hydrogen) atoms. The summed E-state index contributed by atoms with van der Waals surface area (Å²) in [4.78, 5) is 21.3. The van der Waals surface area contributed by atoms with Crippen molar-refractivity contribution in [2.45, 2.75) is 24.8 Å². The molecule has 3 aromatic rings. The van der Waals surface area contributed by atoms with E-state index in [1.807, 2.05) is 18.2 Å². The minimum atomic E-state index is -0.467. The van der Waals surface area contributed by atoms with Gasteiger partial charge in [0, 0.05) is 36.8 Å². The molecule has 5 nitrogen and oxygen atoms in total. The number of rotatable bonds is 5. The molecule has 0 saturated carbocycles. The van der Waals surface area contributed by atoms with Gasteiger partial charge in [-0.15, -0.1) is 0 Å². The Morgan fingerprint density at radius 3 is 2.58 bits per heavy atom. The molecule has 1 N–H and O–H groups in total. The van der Waals surface area contributed by atoms with Crippen LogP contribution in [0.3, 0.4) is 0 Å². The molecule has 1 spiro atoms. The molecule has 3 heterocycles. The van der Waals surface area contributed by atoms with E-state index in [-0.39, 0.29) is 11.1 Å². The van der Waals surface area contributed by atoms with Crippen LogP contribution in [0.15, 0.2) is 54.7 Å². The van der Waals surface area contributed by atoms with Gasteiger partial charge in [-0.25, -0.2) is 14.2 Å². The fraction of sp³-hybridized carbons (Fsp3) is 0.286. The molecule has 1 fully saturated rings. The normalized spacial score (nSPS) is 16.8. The maximum absolute atomic E-state index is 14.6. The average Bonchev–Trinajstić information content (AvgIpc) is 3.22. The van der Waals surface area contributed by atoms with E-state index in [9.17, 15) is 9.18 Å². The summed E-state index contributed by atoms with van der Waals surface area (Å²) >= 11 is 24.6. The molecule has 10 heteroatoms. The topological polar surface area (TPSA) is 48.5 Å². The van der Waals surface area contributed by atoms with E-state index in [0.29, 0.717) is 34.0 Å².